The number of benzene rings is 1. The smallest absolute Gasteiger partial charge is 0.449 e. The van der Waals surface area contributed by atoms with Crippen LogP contribution in [-0.4, -0.2) is 25.0 Å². The predicted molar refractivity (Wildman–Crippen MR) is 80.4 cm³/mol. The highest BCUT2D eigenvalue weighted by Crippen LogP contribution is 2.20. The lowest BCUT2D eigenvalue weighted by Gasteiger charge is -2.07. The minimum Gasteiger partial charge on any atom is -0.497 e. The van der Waals surface area contributed by atoms with E-state index in [0.717, 1.165) is 0 Å². The lowest BCUT2D eigenvalue weighted by molar-refractivity contribution is -0.171. The number of unbranched alkanes of at least 4 members (excludes halogenated alkanes) is 3. The maximum Gasteiger partial charge on any atom is 0.449 e. The minimum atomic E-state index is -4.74. The average Bonchev–Trinajstić information content (AvgIpc) is 2.49. The van der Waals surface area contributed by atoms with E-state index in [1.54, 1.807) is 24.3 Å². The summed E-state index contributed by atoms with van der Waals surface area (Å²) in [5.41, 5.74) is 0.630. The van der Waals surface area contributed by atoms with E-state index in [1.165, 1.54) is 7.11 Å². The van der Waals surface area contributed by atoms with Gasteiger partial charge in [-0.3, -0.25) is 9.59 Å². The van der Waals surface area contributed by atoms with E-state index in [9.17, 15) is 22.8 Å². The molecule has 0 aromatic heterocycles. The Labute approximate surface area is 133 Å². The number of carbonyl (C=O) groups is 2. The van der Waals surface area contributed by atoms with Gasteiger partial charge in [0.1, 0.15) is 5.75 Å². The van der Waals surface area contributed by atoms with Crippen molar-refractivity contribution in [3.05, 3.63) is 24.3 Å². The van der Waals surface area contributed by atoms with Gasteiger partial charge in [0, 0.05) is 24.6 Å². The van der Waals surface area contributed by atoms with Crippen LogP contribution >= 0.6 is 0 Å². The molecule has 0 spiro atoms. The molecule has 23 heavy (non-hydrogen) atoms. The molecular formula is C16H20F3NO3. The SMILES string of the molecule is COc1cccc(NC(=O)CCCCCCC(=O)C(F)(F)F)c1. The first-order chi connectivity index (χ1) is 10.8. The third-order valence-electron chi connectivity index (χ3n) is 3.23. The Bertz CT molecular complexity index is 530. The molecule has 0 fully saturated rings. The highest BCUT2D eigenvalue weighted by molar-refractivity contribution is 5.90. The van der Waals surface area contributed by atoms with Gasteiger partial charge in [-0.25, -0.2) is 0 Å². The van der Waals surface area contributed by atoms with Crippen LogP contribution in [0.4, 0.5) is 18.9 Å². The Hall–Kier alpha value is -2.05. The maximum absolute atomic E-state index is 12.0. The third kappa shape index (κ3) is 7.67. The first-order valence-corrected chi connectivity index (χ1v) is 7.37. The molecule has 0 bridgehead atoms. The highest BCUT2D eigenvalue weighted by Gasteiger charge is 2.36. The van der Waals surface area contributed by atoms with E-state index < -0.39 is 18.4 Å². The van der Waals surface area contributed by atoms with Gasteiger partial charge in [-0.15, -0.1) is 0 Å². The van der Waals surface area contributed by atoms with Crippen LogP contribution in [0.3, 0.4) is 0 Å². The number of rotatable bonds is 9. The van der Waals surface area contributed by atoms with Crippen molar-refractivity contribution < 1.29 is 27.5 Å². The number of hydrogen-bond acceptors (Lipinski definition) is 3. The van der Waals surface area contributed by atoms with Crippen LogP contribution in [0.25, 0.3) is 0 Å². The number of hydrogen-bond donors (Lipinski definition) is 1. The molecule has 1 aromatic rings. The number of methoxy groups -OCH3 is 1. The highest BCUT2D eigenvalue weighted by atomic mass is 19.4. The third-order valence-corrected chi connectivity index (χ3v) is 3.23. The van der Waals surface area contributed by atoms with Gasteiger partial charge in [0.15, 0.2) is 0 Å². The quantitative estimate of drug-likeness (QED) is 0.693. The Balaban J connectivity index is 2.16. The molecule has 4 nitrogen and oxygen atoms in total. The van der Waals surface area contributed by atoms with Crippen molar-refractivity contribution in [3.63, 3.8) is 0 Å². The summed E-state index contributed by atoms with van der Waals surface area (Å²) in [6.07, 6.45) is -3.09. The zero-order valence-corrected chi connectivity index (χ0v) is 12.9. The Morgan fingerprint density at radius 3 is 2.35 bits per heavy atom. The van der Waals surface area contributed by atoms with Crippen LogP contribution in [0, 0.1) is 0 Å². The van der Waals surface area contributed by atoms with Crippen LogP contribution < -0.4 is 10.1 Å². The molecule has 0 aliphatic carbocycles. The van der Waals surface area contributed by atoms with Crippen molar-refractivity contribution in [1.29, 1.82) is 0 Å². The summed E-state index contributed by atoms with van der Waals surface area (Å²) in [6, 6.07) is 6.95. The maximum atomic E-state index is 12.0. The van der Waals surface area contributed by atoms with E-state index in [1.807, 2.05) is 0 Å². The molecule has 1 rings (SSSR count). The van der Waals surface area contributed by atoms with Crippen molar-refractivity contribution in [2.24, 2.45) is 0 Å². The molecule has 1 aromatic carbocycles. The van der Waals surface area contributed by atoms with Gasteiger partial charge in [0.25, 0.3) is 0 Å². The summed E-state index contributed by atoms with van der Waals surface area (Å²) >= 11 is 0. The van der Waals surface area contributed by atoms with Gasteiger partial charge in [-0.2, -0.15) is 13.2 Å². The summed E-state index contributed by atoms with van der Waals surface area (Å²) in [6.45, 7) is 0. The summed E-state index contributed by atoms with van der Waals surface area (Å²) in [5.74, 6) is -1.21. The first kappa shape index (κ1) is 19.0. The number of anilines is 1. The molecule has 1 N–H and O–H groups in total. The van der Waals surface area contributed by atoms with E-state index in [-0.39, 0.29) is 18.7 Å². The second-order valence-corrected chi connectivity index (χ2v) is 5.12. The zero-order chi connectivity index (χ0) is 17.3. The molecule has 0 unspecified atom stereocenters. The number of halogens is 3. The van der Waals surface area contributed by atoms with Crippen LogP contribution in [0.2, 0.25) is 0 Å². The summed E-state index contributed by atoms with van der Waals surface area (Å²) in [5, 5.41) is 2.72. The van der Waals surface area contributed by atoms with Crippen LogP contribution in [0.15, 0.2) is 24.3 Å². The largest absolute Gasteiger partial charge is 0.497 e. The van der Waals surface area contributed by atoms with Crippen LogP contribution in [-0.2, 0) is 9.59 Å². The van der Waals surface area contributed by atoms with Crippen LogP contribution in [0.5, 0.6) is 5.75 Å². The number of ether oxygens (including phenoxy) is 1. The fraction of sp³-hybridized carbons (Fsp3) is 0.500. The molecule has 0 heterocycles. The lowest BCUT2D eigenvalue weighted by atomic mass is 10.1. The van der Waals surface area contributed by atoms with E-state index in [4.69, 9.17) is 4.74 Å². The topological polar surface area (TPSA) is 55.4 Å². The molecule has 0 aliphatic rings. The molecular weight excluding hydrogens is 311 g/mol. The molecule has 0 radical (unpaired) electrons. The predicted octanol–water partition coefficient (Wildman–Crippen LogP) is 4.11. The minimum absolute atomic E-state index is 0.162. The lowest BCUT2D eigenvalue weighted by Crippen LogP contribution is -2.22. The molecule has 7 heteroatoms. The number of ketones is 1. The molecule has 0 saturated heterocycles. The summed E-state index contributed by atoms with van der Waals surface area (Å²) < 4.78 is 41.0. The molecule has 128 valence electrons. The van der Waals surface area contributed by atoms with Crippen molar-refractivity contribution in [2.75, 3.05) is 12.4 Å². The van der Waals surface area contributed by atoms with Gasteiger partial charge >= 0.3 is 6.18 Å². The fourth-order valence-corrected chi connectivity index (χ4v) is 1.99. The van der Waals surface area contributed by atoms with E-state index >= 15 is 0 Å². The molecule has 0 saturated carbocycles. The standard InChI is InChI=1S/C16H20F3NO3/c1-23-13-8-6-7-12(11-13)20-15(22)10-5-3-2-4-9-14(21)16(17,18)19/h6-8,11H,2-5,9-10H2,1H3,(H,20,22). The molecule has 1 amide bonds. The summed E-state index contributed by atoms with van der Waals surface area (Å²) in [4.78, 5) is 22.4. The zero-order valence-electron chi connectivity index (χ0n) is 12.9. The van der Waals surface area contributed by atoms with Crippen molar-refractivity contribution in [3.8, 4) is 5.75 Å². The average molecular weight is 331 g/mol. The van der Waals surface area contributed by atoms with Gasteiger partial charge in [0.05, 0.1) is 7.11 Å². The monoisotopic (exact) mass is 331 g/mol. The number of carbonyl (C=O) groups excluding carboxylic acids is 2. The van der Waals surface area contributed by atoms with Crippen molar-refractivity contribution >= 4 is 17.4 Å². The van der Waals surface area contributed by atoms with E-state index in [2.05, 4.69) is 5.32 Å². The number of Topliss-reactive ketones (excluding diaryl/α,β-unsaturated/α-hetero) is 1. The molecule has 0 aliphatic heterocycles. The molecule has 0 atom stereocenters. The van der Waals surface area contributed by atoms with Gasteiger partial charge in [-0.1, -0.05) is 18.9 Å². The normalized spacial score (nSPS) is 11.1. The van der Waals surface area contributed by atoms with Crippen molar-refractivity contribution in [1.82, 2.24) is 0 Å². The van der Waals surface area contributed by atoms with Gasteiger partial charge < -0.3 is 10.1 Å². The number of alkyl halides is 3. The fourth-order valence-electron chi connectivity index (χ4n) is 1.99. The second kappa shape index (κ2) is 9.17. The van der Waals surface area contributed by atoms with Gasteiger partial charge in [-0.05, 0) is 25.0 Å². The second-order valence-electron chi connectivity index (χ2n) is 5.12. The summed E-state index contributed by atoms with van der Waals surface area (Å²) in [7, 11) is 1.53. The number of amides is 1. The Morgan fingerprint density at radius 1 is 1.09 bits per heavy atom. The van der Waals surface area contributed by atoms with Crippen molar-refractivity contribution in [2.45, 2.75) is 44.7 Å². The van der Waals surface area contributed by atoms with E-state index in [0.29, 0.717) is 30.7 Å². The Kier molecular flexibility index (Phi) is 7.57. The Morgan fingerprint density at radius 2 is 1.74 bits per heavy atom. The van der Waals surface area contributed by atoms with Gasteiger partial charge in [0.2, 0.25) is 11.7 Å². The number of nitrogens with one attached hydrogen (secondary N) is 1. The first-order valence-electron chi connectivity index (χ1n) is 7.37. The van der Waals surface area contributed by atoms with Crippen LogP contribution in [0.1, 0.15) is 38.5 Å².